The number of halogens is 3. The lowest BCUT2D eigenvalue weighted by Crippen LogP contribution is -2.40. The van der Waals surface area contributed by atoms with Gasteiger partial charge in [0, 0.05) is 19.8 Å². The van der Waals surface area contributed by atoms with Crippen LogP contribution in [0.1, 0.15) is 37.7 Å². The molecule has 2 rings (SSSR count). The fraction of sp³-hybridized carbons (Fsp3) is 0.571. The van der Waals surface area contributed by atoms with Crippen LogP contribution in [0.2, 0.25) is 0 Å². The van der Waals surface area contributed by atoms with Crippen LogP contribution in [0.25, 0.3) is 0 Å². The highest BCUT2D eigenvalue weighted by atomic mass is 79.9. The second kappa shape index (κ2) is 7.43. The molecular weight excluding hydrogens is 486 g/mol. The molecular formula is C14H18Br3NO2S. The van der Waals surface area contributed by atoms with Gasteiger partial charge in [0.1, 0.15) is 0 Å². The molecule has 7 heteroatoms. The van der Waals surface area contributed by atoms with E-state index in [1.807, 2.05) is 13.0 Å². The number of nitrogens with one attached hydrogen (secondary N) is 1. The molecule has 0 radical (unpaired) electrons. The standard InChI is InChI=1S/C14H18Br3NO2S/c1-9-7-12(17)14(8-11(9)16)21(19,20)18-13-6-4-2-3-5-10(13)15/h7-8,10,13,18H,2-6H2,1H3. The first-order chi connectivity index (χ1) is 9.81. The van der Waals surface area contributed by atoms with Gasteiger partial charge in [-0.3, -0.25) is 0 Å². The largest absolute Gasteiger partial charge is 0.242 e. The predicted molar refractivity (Wildman–Crippen MR) is 96.5 cm³/mol. The molecule has 1 N–H and O–H groups in total. The summed E-state index contributed by atoms with van der Waals surface area (Å²) in [4.78, 5) is 0.478. The molecule has 118 valence electrons. The summed E-state index contributed by atoms with van der Waals surface area (Å²) in [6.07, 6.45) is 5.26. The Morgan fingerprint density at radius 1 is 1.10 bits per heavy atom. The molecule has 1 saturated carbocycles. The van der Waals surface area contributed by atoms with Crippen LogP contribution < -0.4 is 4.72 Å². The summed E-state index contributed by atoms with van der Waals surface area (Å²) in [5, 5.41) is 0. The Morgan fingerprint density at radius 3 is 2.48 bits per heavy atom. The number of alkyl halides is 1. The first-order valence-corrected chi connectivity index (χ1v) is 10.9. The quantitative estimate of drug-likeness (QED) is 0.471. The van der Waals surface area contributed by atoms with Crippen molar-refractivity contribution in [1.82, 2.24) is 4.72 Å². The first kappa shape index (κ1) is 17.9. The Balaban J connectivity index is 2.27. The minimum absolute atomic E-state index is 0.0514. The van der Waals surface area contributed by atoms with Crippen LogP contribution in [0, 0.1) is 6.92 Å². The van der Waals surface area contributed by atoms with E-state index in [4.69, 9.17) is 0 Å². The molecule has 1 aliphatic rings. The van der Waals surface area contributed by atoms with Crippen LogP contribution in [-0.2, 0) is 10.0 Å². The molecule has 0 heterocycles. The zero-order chi connectivity index (χ0) is 15.6. The van der Waals surface area contributed by atoms with Crippen molar-refractivity contribution in [2.75, 3.05) is 0 Å². The molecule has 0 saturated heterocycles. The van der Waals surface area contributed by atoms with Gasteiger partial charge in [0.2, 0.25) is 10.0 Å². The molecule has 1 fully saturated rings. The maximum Gasteiger partial charge on any atom is 0.242 e. The van der Waals surface area contributed by atoms with Gasteiger partial charge in [-0.15, -0.1) is 0 Å². The normalized spacial score (nSPS) is 23.8. The molecule has 2 atom stereocenters. The van der Waals surface area contributed by atoms with E-state index < -0.39 is 10.0 Å². The Labute approximate surface area is 151 Å². The van der Waals surface area contributed by atoms with Crippen molar-refractivity contribution in [2.45, 2.75) is 54.8 Å². The van der Waals surface area contributed by atoms with Gasteiger partial charge in [0.15, 0.2) is 0 Å². The SMILES string of the molecule is Cc1cc(Br)c(S(=O)(=O)NC2CCCCCC2Br)cc1Br. The number of aryl methyl sites for hydroxylation is 1. The van der Waals surface area contributed by atoms with Crippen LogP contribution in [0.4, 0.5) is 0 Å². The zero-order valence-corrected chi connectivity index (χ0v) is 17.3. The Morgan fingerprint density at radius 2 is 1.76 bits per heavy atom. The second-order valence-electron chi connectivity index (χ2n) is 5.41. The van der Waals surface area contributed by atoms with Crippen LogP contribution in [-0.4, -0.2) is 19.3 Å². The van der Waals surface area contributed by atoms with E-state index in [0.29, 0.717) is 4.47 Å². The van der Waals surface area contributed by atoms with Crippen molar-refractivity contribution in [3.8, 4) is 0 Å². The number of hydrogen-bond acceptors (Lipinski definition) is 2. The third-order valence-electron chi connectivity index (χ3n) is 3.74. The van der Waals surface area contributed by atoms with Crippen LogP contribution in [0.3, 0.4) is 0 Å². The number of sulfonamides is 1. The minimum atomic E-state index is -3.54. The third-order valence-corrected chi connectivity index (χ3v) is 8.14. The zero-order valence-electron chi connectivity index (χ0n) is 11.7. The molecule has 0 bridgehead atoms. The van der Waals surface area contributed by atoms with Crippen molar-refractivity contribution in [2.24, 2.45) is 0 Å². The number of hydrogen-bond donors (Lipinski definition) is 1. The monoisotopic (exact) mass is 501 g/mol. The Kier molecular flexibility index (Phi) is 6.34. The summed E-state index contributed by atoms with van der Waals surface area (Å²) < 4.78 is 29.6. The van der Waals surface area contributed by atoms with Crippen LogP contribution >= 0.6 is 47.8 Å². The van der Waals surface area contributed by atoms with Crippen molar-refractivity contribution in [1.29, 1.82) is 0 Å². The van der Waals surface area contributed by atoms with E-state index >= 15 is 0 Å². The second-order valence-corrected chi connectivity index (χ2v) is 9.98. The first-order valence-electron chi connectivity index (χ1n) is 6.93. The van der Waals surface area contributed by atoms with Crippen molar-refractivity contribution in [3.05, 3.63) is 26.6 Å². The summed E-state index contributed by atoms with van der Waals surface area (Å²) >= 11 is 10.4. The van der Waals surface area contributed by atoms with E-state index in [2.05, 4.69) is 52.5 Å². The van der Waals surface area contributed by atoms with E-state index in [9.17, 15) is 8.42 Å². The van der Waals surface area contributed by atoms with Crippen molar-refractivity contribution < 1.29 is 8.42 Å². The van der Waals surface area contributed by atoms with E-state index in [-0.39, 0.29) is 15.8 Å². The highest BCUT2D eigenvalue weighted by Gasteiger charge is 2.28. The van der Waals surface area contributed by atoms with Crippen molar-refractivity contribution in [3.63, 3.8) is 0 Å². The Hall–Kier alpha value is 0.570. The van der Waals surface area contributed by atoms with Gasteiger partial charge in [-0.25, -0.2) is 13.1 Å². The number of rotatable bonds is 3. The average molecular weight is 504 g/mol. The topological polar surface area (TPSA) is 46.2 Å². The van der Waals surface area contributed by atoms with E-state index in [1.165, 1.54) is 6.42 Å². The van der Waals surface area contributed by atoms with Gasteiger partial charge in [0.25, 0.3) is 0 Å². The van der Waals surface area contributed by atoms with E-state index in [0.717, 1.165) is 35.7 Å². The summed E-state index contributed by atoms with van der Waals surface area (Å²) in [6.45, 7) is 1.93. The van der Waals surface area contributed by atoms with Crippen LogP contribution in [0.15, 0.2) is 26.0 Å². The van der Waals surface area contributed by atoms with Gasteiger partial charge in [0.05, 0.1) is 4.90 Å². The molecule has 21 heavy (non-hydrogen) atoms. The highest BCUT2D eigenvalue weighted by molar-refractivity contribution is 9.11. The lowest BCUT2D eigenvalue weighted by Gasteiger charge is -2.22. The summed E-state index contributed by atoms with van der Waals surface area (Å²) in [5.74, 6) is 0. The van der Waals surface area contributed by atoms with Crippen molar-refractivity contribution >= 4 is 57.8 Å². The maximum absolute atomic E-state index is 12.7. The minimum Gasteiger partial charge on any atom is -0.207 e. The van der Waals surface area contributed by atoms with Gasteiger partial charge < -0.3 is 0 Å². The third kappa shape index (κ3) is 4.53. The summed E-state index contributed by atoms with van der Waals surface area (Å²) in [7, 11) is -3.54. The van der Waals surface area contributed by atoms with Gasteiger partial charge in [-0.05, 0) is 53.4 Å². The van der Waals surface area contributed by atoms with E-state index in [1.54, 1.807) is 6.07 Å². The van der Waals surface area contributed by atoms with Crippen LogP contribution in [0.5, 0.6) is 0 Å². The molecule has 2 unspecified atom stereocenters. The van der Waals surface area contributed by atoms with Gasteiger partial charge >= 0.3 is 0 Å². The highest BCUT2D eigenvalue weighted by Crippen LogP contribution is 2.30. The maximum atomic E-state index is 12.7. The summed E-state index contributed by atoms with van der Waals surface area (Å²) in [5.41, 5.74) is 0.994. The fourth-order valence-electron chi connectivity index (χ4n) is 2.49. The Bertz CT molecular complexity index is 619. The lowest BCUT2D eigenvalue weighted by molar-refractivity contribution is 0.520. The predicted octanol–water partition coefficient (Wildman–Crippen LogP) is 4.89. The average Bonchev–Trinajstić information content (AvgIpc) is 2.59. The molecule has 1 aromatic rings. The smallest absolute Gasteiger partial charge is 0.207 e. The molecule has 3 nitrogen and oxygen atoms in total. The molecule has 0 amide bonds. The molecule has 1 aromatic carbocycles. The summed E-state index contributed by atoms with van der Waals surface area (Å²) in [6, 6.07) is 3.42. The fourth-order valence-corrected chi connectivity index (χ4v) is 6.38. The lowest BCUT2D eigenvalue weighted by atomic mass is 10.1. The number of benzene rings is 1. The molecule has 1 aliphatic carbocycles. The molecule has 0 spiro atoms. The van der Waals surface area contributed by atoms with Gasteiger partial charge in [-0.2, -0.15) is 0 Å². The molecule has 0 aliphatic heterocycles. The molecule has 0 aromatic heterocycles. The van der Waals surface area contributed by atoms with Gasteiger partial charge in [-0.1, -0.05) is 51.1 Å².